The normalized spacial score (nSPS) is 11.9. The van der Waals surface area contributed by atoms with Gasteiger partial charge in [-0.15, -0.1) is 11.3 Å². The molecule has 0 aliphatic rings. The van der Waals surface area contributed by atoms with Crippen molar-refractivity contribution in [3.8, 4) is 10.4 Å². The second kappa shape index (κ2) is 8.17. The van der Waals surface area contributed by atoms with E-state index in [1.165, 1.54) is 22.5 Å². The van der Waals surface area contributed by atoms with Gasteiger partial charge >= 0.3 is 12.3 Å². The number of benzene rings is 1. The number of aromatic nitrogens is 1. The molecule has 152 valence electrons. The van der Waals surface area contributed by atoms with Gasteiger partial charge in [0.25, 0.3) is 5.91 Å². The van der Waals surface area contributed by atoms with Crippen LogP contribution < -0.4 is 5.32 Å². The monoisotopic (exact) mass is 415 g/mol. The van der Waals surface area contributed by atoms with Crippen LogP contribution in [0.1, 0.15) is 36.8 Å². The third kappa shape index (κ3) is 5.22. The summed E-state index contributed by atoms with van der Waals surface area (Å²) in [6.45, 7) is 5.39. The molecule has 0 bridgehead atoms. The van der Waals surface area contributed by atoms with Gasteiger partial charge in [0.1, 0.15) is 5.69 Å². The topological polar surface area (TPSA) is 82.5 Å². The standard InChI is InChI=1S/C18H20F3N3O3S/c1-17(2,3)24(16(26)27)9-8-22-15(25)13-14(28-10-23-13)11-4-6-12(7-5-11)18(19,20)21/h4-7,10H,8-9H2,1-3H3,(H,22,25)(H,26,27). The number of carbonyl (C=O) groups excluding carboxylic acids is 1. The predicted octanol–water partition coefficient (Wildman–Crippen LogP) is 4.34. The Hall–Kier alpha value is -2.62. The molecule has 1 aromatic carbocycles. The van der Waals surface area contributed by atoms with E-state index in [1.807, 2.05) is 0 Å². The van der Waals surface area contributed by atoms with E-state index >= 15 is 0 Å². The number of thiazole rings is 1. The summed E-state index contributed by atoms with van der Waals surface area (Å²) < 4.78 is 38.1. The van der Waals surface area contributed by atoms with Crippen molar-refractivity contribution in [3.05, 3.63) is 41.0 Å². The van der Waals surface area contributed by atoms with Crippen molar-refractivity contribution >= 4 is 23.3 Å². The first-order valence-corrected chi connectivity index (χ1v) is 9.19. The van der Waals surface area contributed by atoms with Crippen molar-refractivity contribution in [2.24, 2.45) is 0 Å². The van der Waals surface area contributed by atoms with E-state index in [9.17, 15) is 27.9 Å². The number of alkyl halides is 3. The lowest BCUT2D eigenvalue weighted by atomic mass is 10.1. The molecule has 1 aromatic heterocycles. The van der Waals surface area contributed by atoms with Crippen LogP contribution in [0.2, 0.25) is 0 Å². The Bertz CT molecular complexity index is 842. The predicted molar refractivity (Wildman–Crippen MR) is 99.4 cm³/mol. The van der Waals surface area contributed by atoms with Gasteiger partial charge in [-0.05, 0) is 38.5 Å². The van der Waals surface area contributed by atoms with Crippen LogP contribution >= 0.6 is 11.3 Å². The number of rotatable bonds is 5. The molecule has 0 saturated heterocycles. The van der Waals surface area contributed by atoms with Gasteiger partial charge in [0, 0.05) is 18.6 Å². The van der Waals surface area contributed by atoms with Crippen molar-refractivity contribution in [2.45, 2.75) is 32.5 Å². The third-order valence-electron chi connectivity index (χ3n) is 3.92. The summed E-state index contributed by atoms with van der Waals surface area (Å²) in [4.78, 5) is 29.4. The highest BCUT2D eigenvalue weighted by molar-refractivity contribution is 7.13. The van der Waals surface area contributed by atoms with Gasteiger partial charge in [-0.1, -0.05) is 12.1 Å². The summed E-state index contributed by atoms with van der Waals surface area (Å²) in [6.07, 6.45) is -5.53. The van der Waals surface area contributed by atoms with Crippen molar-refractivity contribution in [2.75, 3.05) is 13.1 Å². The zero-order valence-corrected chi connectivity index (χ0v) is 16.3. The molecule has 0 spiro atoms. The molecule has 0 aliphatic heterocycles. The number of nitrogens with one attached hydrogen (secondary N) is 1. The zero-order chi connectivity index (χ0) is 21.1. The lowest BCUT2D eigenvalue weighted by Crippen LogP contribution is -2.48. The van der Waals surface area contributed by atoms with Gasteiger partial charge in [-0.2, -0.15) is 13.2 Å². The van der Waals surface area contributed by atoms with Crippen LogP contribution in [-0.2, 0) is 6.18 Å². The van der Waals surface area contributed by atoms with E-state index in [4.69, 9.17) is 0 Å². The summed E-state index contributed by atoms with van der Waals surface area (Å²) >= 11 is 1.14. The molecule has 0 saturated carbocycles. The van der Waals surface area contributed by atoms with Gasteiger partial charge in [0.2, 0.25) is 0 Å². The second-order valence-corrected chi connectivity index (χ2v) is 7.82. The molecule has 2 amide bonds. The maximum absolute atomic E-state index is 12.7. The first-order valence-electron chi connectivity index (χ1n) is 8.31. The highest BCUT2D eigenvalue weighted by atomic mass is 32.1. The highest BCUT2D eigenvalue weighted by Crippen LogP contribution is 2.33. The largest absolute Gasteiger partial charge is 0.465 e. The van der Waals surface area contributed by atoms with Crippen molar-refractivity contribution in [3.63, 3.8) is 0 Å². The van der Waals surface area contributed by atoms with Gasteiger partial charge < -0.3 is 15.3 Å². The Morgan fingerprint density at radius 3 is 2.29 bits per heavy atom. The average Bonchev–Trinajstić information content (AvgIpc) is 3.06. The first kappa shape index (κ1) is 21.7. The smallest absolute Gasteiger partial charge is 0.416 e. The maximum atomic E-state index is 12.7. The van der Waals surface area contributed by atoms with Gasteiger partial charge in [0.15, 0.2) is 0 Å². The minimum Gasteiger partial charge on any atom is -0.465 e. The number of carbonyl (C=O) groups is 2. The lowest BCUT2D eigenvalue weighted by molar-refractivity contribution is -0.137. The molecule has 0 radical (unpaired) electrons. The summed E-state index contributed by atoms with van der Waals surface area (Å²) in [7, 11) is 0. The van der Waals surface area contributed by atoms with Crippen LogP contribution in [0.5, 0.6) is 0 Å². The van der Waals surface area contributed by atoms with E-state index in [1.54, 1.807) is 20.8 Å². The summed E-state index contributed by atoms with van der Waals surface area (Å²) in [5.41, 5.74) is 0.566. The minimum absolute atomic E-state index is 0.0758. The number of carboxylic acid groups (broad SMARTS) is 1. The molecule has 2 aromatic rings. The van der Waals surface area contributed by atoms with Gasteiger partial charge in [-0.25, -0.2) is 9.78 Å². The molecule has 2 N–H and O–H groups in total. The Morgan fingerprint density at radius 2 is 1.79 bits per heavy atom. The molecular formula is C18H20F3N3O3S. The Balaban J connectivity index is 2.09. The molecule has 1 heterocycles. The number of halogens is 3. The molecular weight excluding hydrogens is 395 g/mol. The van der Waals surface area contributed by atoms with Crippen LogP contribution in [0.25, 0.3) is 10.4 Å². The van der Waals surface area contributed by atoms with Crippen molar-refractivity contribution in [1.29, 1.82) is 0 Å². The van der Waals surface area contributed by atoms with Gasteiger partial charge in [0.05, 0.1) is 16.0 Å². The lowest BCUT2D eigenvalue weighted by Gasteiger charge is -2.33. The Labute approximate surface area is 164 Å². The van der Waals surface area contributed by atoms with Crippen LogP contribution in [0.4, 0.5) is 18.0 Å². The molecule has 6 nitrogen and oxygen atoms in total. The molecule has 0 unspecified atom stereocenters. The number of hydrogen-bond acceptors (Lipinski definition) is 4. The molecule has 28 heavy (non-hydrogen) atoms. The second-order valence-electron chi connectivity index (χ2n) is 6.97. The van der Waals surface area contributed by atoms with E-state index in [2.05, 4.69) is 10.3 Å². The molecule has 2 rings (SSSR count). The van der Waals surface area contributed by atoms with E-state index in [0.717, 1.165) is 23.5 Å². The maximum Gasteiger partial charge on any atom is 0.416 e. The Morgan fingerprint density at radius 1 is 1.18 bits per heavy atom. The fourth-order valence-corrected chi connectivity index (χ4v) is 3.30. The zero-order valence-electron chi connectivity index (χ0n) is 15.5. The first-order chi connectivity index (χ1) is 12.9. The summed E-state index contributed by atoms with van der Waals surface area (Å²) in [5.74, 6) is -0.518. The van der Waals surface area contributed by atoms with Crippen molar-refractivity contribution in [1.82, 2.24) is 15.2 Å². The van der Waals surface area contributed by atoms with Crippen LogP contribution in [-0.4, -0.2) is 45.6 Å². The molecule has 0 aliphatic carbocycles. The minimum atomic E-state index is -4.44. The quantitative estimate of drug-likeness (QED) is 0.761. The number of hydrogen-bond donors (Lipinski definition) is 2. The fraction of sp³-hybridized carbons (Fsp3) is 0.389. The van der Waals surface area contributed by atoms with Gasteiger partial charge in [-0.3, -0.25) is 4.79 Å². The van der Waals surface area contributed by atoms with Crippen LogP contribution in [0.3, 0.4) is 0 Å². The summed E-state index contributed by atoms with van der Waals surface area (Å²) in [6, 6.07) is 4.48. The molecule has 0 atom stereocenters. The summed E-state index contributed by atoms with van der Waals surface area (Å²) in [5, 5.41) is 11.9. The average molecular weight is 415 g/mol. The molecule has 10 heteroatoms. The molecule has 0 fully saturated rings. The Kier molecular flexibility index (Phi) is 6.33. The highest BCUT2D eigenvalue weighted by Gasteiger charge is 2.30. The van der Waals surface area contributed by atoms with E-state index in [0.29, 0.717) is 10.4 Å². The van der Waals surface area contributed by atoms with Crippen LogP contribution in [0, 0.1) is 0 Å². The number of amides is 2. The van der Waals surface area contributed by atoms with Crippen molar-refractivity contribution < 1.29 is 27.9 Å². The van der Waals surface area contributed by atoms with E-state index < -0.39 is 29.3 Å². The third-order valence-corrected chi connectivity index (χ3v) is 4.79. The fourth-order valence-electron chi connectivity index (χ4n) is 2.51. The van der Waals surface area contributed by atoms with Crippen LogP contribution in [0.15, 0.2) is 29.8 Å². The SMILES string of the molecule is CC(C)(C)N(CCNC(=O)c1ncsc1-c1ccc(C(F)(F)F)cc1)C(=O)O. The van der Waals surface area contributed by atoms with E-state index in [-0.39, 0.29) is 18.8 Å². The number of nitrogens with zero attached hydrogens (tertiary/aromatic N) is 2.